The normalized spacial score (nSPS) is 14.2. The molecule has 1 rings (SSSR count). The van der Waals surface area contributed by atoms with Gasteiger partial charge in [0.05, 0.1) is 6.61 Å². The molecule has 16 heavy (non-hydrogen) atoms. The van der Waals surface area contributed by atoms with Crippen LogP contribution in [0.15, 0.2) is 24.4 Å². The molecule has 0 saturated carbocycles. The third kappa shape index (κ3) is 2.68. The number of nitrogens with zero attached hydrogens (tertiary/aromatic N) is 1. The molecule has 0 aromatic carbocycles. The van der Waals surface area contributed by atoms with Gasteiger partial charge in [-0.25, -0.2) is 4.79 Å². The van der Waals surface area contributed by atoms with Crippen LogP contribution in [0.4, 0.5) is 0 Å². The van der Waals surface area contributed by atoms with Crippen LogP contribution in [0.3, 0.4) is 0 Å². The number of ether oxygens (including phenoxy) is 1. The molecular weight excluding hydrogens is 214 g/mol. The van der Waals surface area contributed by atoms with Gasteiger partial charge in [-0.3, -0.25) is 0 Å². The minimum atomic E-state index is -1.76. The fourth-order valence-electron chi connectivity index (χ4n) is 1.19. The first-order valence-corrected chi connectivity index (χ1v) is 4.78. The largest absolute Gasteiger partial charge is 0.618 e. The standard InChI is InChI=1S/C10H13NO5/c1-2-16-10(14)9(13)8(12)7-5-3-4-6-11(7)15/h3-6,8-9,12-13H,2H2,1H3/t8-,9-/m0/s1. The van der Waals surface area contributed by atoms with Crippen LogP contribution in [0, 0.1) is 5.21 Å². The highest BCUT2D eigenvalue weighted by Gasteiger charge is 2.31. The zero-order chi connectivity index (χ0) is 12.1. The first-order valence-electron chi connectivity index (χ1n) is 4.78. The Morgan fingerprint density at radius 1 is 1.56 bits per heavy atom. The van der Waals surface area contributed by atoms with Crippen molar-refractivity contribution < 1.29 is 24.5 Å². The van der Waals surface area contributed by atoms with Crippen molar-refractivity contribution in [2.24, 2.45) is 0 Å². The number of aromatic nitrogens is 1. The molecule has 0 bridgehead atoms. The fourth-order valence-corrected chi connectivity index (χ4v) is 1.19. The van der Waals surface area contributed by atoms with Crippen molar-refractivity contribution in [3.63, 3.8) is 0 Å². The predicted octanol–water partition coefficient (Wildman–Crippen LogP) is -0.723. The van der Waals surface area contributed by atoms with E-state index >= 15 is 0 Å². The minimum absolute atomic E-state index is 0.0920. The van der Waals surface area contributed by atoms with E-state index in [9.17, 15) is 20.2 Å². The SMILES string of the molecule is CCOC(=O)[C@@H](O)[C@@H](O)c1cccc[n+]1[O-]. The molecule has 0 amide bonds. The molecule has 6 nitrogen and oxygen atoms in total. The maximum atomic E-state index is 11.2. The molecule has 0 fully saturated rings. The minimum Gasteiger partial charge on any atom is -0.618 e. The van der Waals surface area contributed by atoms with Gasteiger partial charge in [0.2, 0.25) is 5.69 Å². The van der Waals surface area contributed by atoms with Crippen LogP contribution in [0.1, 0.15) is 18.7 Å². The number of hydrogen-bond acceptors (Lipinski definition) is 5. The van der Waals surface area contributed by atoms with Crippen molar-refractivity contribution in [1.82, 2.24) is 0 Å². The summed E-state index contributed by atoms with van der Waals surface area (Å²) in [6.07, 6.45) is -2.20. The molecule has 0 aliphatic rings. The van der Waals surface area contributed by atoms with E-state index in [2.05, 4.69) is 4.74 Å². The summed E-state index contributed by atoms with van der Waals surface area (Å²) < 4.78 is 4.91. The van der Waals surface area contributed by atoms with E-state index in [1.165, 1.54) is 18.2 Å². The van der Waals surface area contributed by atoms with Crippen molar-refractivity contribution in [2.75, 3.05) is 6.61 Å². The molecule has 1 aromatic rings. The second kappa shape index (κ2) is 5.43. The molecular formula is C10H13NO5. The van der Waals surface area contributed by atoms with Crippen molar-refractivity contribution in [2.45, 2.75) is 19.1 Å². The summed E-state index contributed by atoms with van der Waals surface area (Å²) in [5.41, 5.74) is -0.108. The molecule has 2 atom stereocenters. The summed E-state index contributed by atoms with van der Waals surface area (Å²) >= 11 is 0. The maximum absolute atomic E-state index is 11.2. The number of esters is 1. The number of aliphatic hydroxyl groups is 2. The third-order valence-electron chi connectivity index (χ3n) is 1.98. The fraction of sp³-hybridized carbons (Fsp3) is 0.400. The van der Waals surface area contributed by atoms with Gasteiger partial charge in [-0.1, -0.05) is 0 Å². The van der Waals surface area contributed by atoms with Crippen LogP contribution in [0.2, 0.25) is 0 Å². The van der Waals surface area contributed by atoms with E-state index < -0.39 is 18.2 Å². The lowest BCUT2D eigenvalue weighted by atomic mass is 10.1. The van der Waals surface area contributed by atoms with Gasteiger partial charge in [0, 0.05) is 12.1 Å². The average molecular weight is 227 g/mol. The monoisotopic (exact) mass is 227 g/mol. The van der Waals surface area contributed by atoms with Crippen molar-refractivity contribution in [1.29, 1.82) is 0 Å². The number of pyridine rings is 1. The molecule has 0 unspecified atom stereocenters. The van der Waals surface area contributed by atoms with Gasteiger partial charge >= 0.3 is 5.97 Å². The van der Waals surface area contributed by atoms with Crippen LogP contribution in [-0.4, -0.2) is 28.9 Å². The Bertz CT molecular complexity index is 368. The molecule has 2 N–H and O–H groups in total. The van der Waals surface area contributed by atoms with Gasteiger partial charge in [-0.2, -0.15) is 4.73 Å². The van der Waals surface area contributed by atoms with Gasteiger partial charge in [-0.05, 0) is 13.0 Å². The van der Waals surface area contributed by atoms with Gasteiger partial charge in [0.1, 0.15) is 0 Å². The molecule has 0 aliphatic carbocycles. The highest BCUT2D eigenvalue weighted by Crippen LogP contribution is 2.13. The molecule has 0 aliphatic heterocycles. The van der Waals surface area contributed by atoms with Crippen LogP contribution < -0.4 is 4.73 Å². The van der Waals surface area contributed by atoms with Gasteiger partial charge in [0.15, 0.2) is 18.4 Å². The Morgan fingerprint density at radius 2 is 2.25 bits per heavy atom. The highest BCUT2D eigenvalue weighted by atomic mass is 16.5. The van der Waals surface area contributed by atoms with Crippen molar-refractivity contribution in [3.8, 4) is 0 Å². The van der Waals surface area contributed by atoms with Crippen LogP contribution in [-0.2, 0) is 9.53 Å². The Labute approximate surface area is 92.3 Å². The maximum Gasteiger partial charge on any atom is 0.338 e. The van der Waals surface area contributed by atoms with Crippen molar-refractivity contribution in [3.05, 3.63) is 35.3 Å². The molecule has 88 valence electrons. The topological polar surface area (TPSA) is 93.7 Å². The number of aliphatic hydroxyl groups excluding tert-OH is 2. The molecule has 6 heteroatoms. The lowest BCUT2D eigenvalue weighted by Gasteiger charge is -2.15. The molecule has 0 spiro atoms. The first-order chi connectivity index (χ1) is 7.57. The van der Waals surface area contributed by atoms with E-state index in [0.29, 0.717) is 4.73 Å². The second-order valence-corrected chi connectivity index (χ2v) is 3.09. The quantitative estimate of drug-likeness (QED) is 0.402. The smallest absolute Gasteiger partial charge is 0.338 e. The molecule has 1 aromatic heterocycles. The summed E-state index contributed by atoms with van der Waals surface area (Å²) in [7, 11) is 0. The lowest BCUT2D eigenvalue weighted by Crippen LogP contribution is -2.39. The van der Waals surface area contributed by atoms with E-state index in [-0.39, 0.29) is 12.3 Å². The number of carbonyl (C=O) groups excluding carboxylic acids is 1. The average Bonchev–Trinajstić information content (AvgIpc) is 2.28. The van der Waals surface area contributed by atoms with Gasteiger partial charge in [0.25, 0.3) is 0 Å². The Hall–Kier alpha value is -1.66. The molecule has 0 saturated heterocycles. The van der Waals surface area contributed by atoms with Crippen LogP contribution in [0.5, 0.6) is 0 Å². The highest BCUT2D eigenvalue weighted by molar-refractivity contribution is 5.75. The lowest BCUT2D eigenvalue weighted by molar-refractivity contribution is -0.619. The van der Waals surface area contributed by atoms with Gasteiger partial charge < -0.3 is 20.2 Å². The Kier molecular flexibility index (Phi) is 4.21. The third-order valence-corrected chi connectivity index (χ3v) is 1.98. The number of hydrogen-bond donors (Lipinski definition) is 2. The molecule has 0 radical (unpaired) electrons. The van der Waals surface area contributed by atoms with E-state index in [1.54, 1.807) is 6.92 Å². The van der Waals surface area contributed by atoms with Crippen LogP contribution in [0.25, 0.3) is 0 Å². The summed E-state index contributed by atoms with van der Waals surface area (Å²) in [4.78, 5) is 11.1. The Balaban J connectivity index is 2.82. The van der Waals surface area contributed by atoms with Crippen molar-refractivity contribution >= 4 is 5.97 Å². The van der Waals surface area contributed by atoms with E-state index in [0.717, 1.165) is 6.20 Å². The Morgan fingerprint density at radius 3 is 2.81 bits per heavy atom. The zero-order valence-electron chi connectivity index (χ0n) is 8.74. The summed E-state index contributed by atoms with van der Waals surface area (Å²) in [6.45, 7) is 1.67. The van der Waals surface area contributed by atoms with E-state index in [1.807, 2.05) is 0 Å². The first kappa shape index (κ1) is 12.4. The second-order valence-electron chi connectivity index (χ2n) is 3.09. The zero-order valence-corrected chi connectivity index (χ0v) is 8.74. The van der Waals surface area contributed by atoms with E-state index in [4.69, 9.17) is 0 Å². The molecule has 1 heterocycles. The summed E-state index contributed by atoms with van der Waals surface area (Å²) in [5, 5.41) is 30.3. The van der Waals surface area contributed by atoms with Crippen LogP contribution >= 0.6 is 0 Å². The number of rotatable bonds is 4. The number of carbonyl (C=O) groups is 1. The summed E-state index contributed by atoms with van der Waals surface area (Å²) in [5.74, 6) is -0.959. The summed E-state index contributed by atoms with van der Waals surface area (Å²) in [6, 6.07) is 4.31. The predicted molar refractivity (Wildman–Crippen MR) is 53.0 cm³/mol. The van der Waals surface area contributed by atoms with Gasteiger partial charge in [-0.15, -0.1) is 0 Å².